The van der Waals surface area contributed by atoms with E-state index in [2.05, 4.69) is 23.4 Å². The van der Waals surface area contributed by atoms with Gasteiger partial charge in [-0.2, -0.15) is 5.10 Å². The van der Waals surface area contributed by atoms with Crippen molar-refractivity contribution >= 4 is 0 Å². The van der Waals surface area contributed by atoms with Crippen molar-refractivity contribution < 1.29 is 4.39 Å². The number of hydrogen-bond acceptors (Lipinski definition) is 2. The van der Waals surface area contributed by atoms with E-state index in [9.17, 15) is 4.39 Å². The zero-order chi connectivity index (χ0) is 14.5. The molecule has 2 rings (SSSR count). The quantitative estimate of drug-likeness (QED) is 0.821. The molecular formula is C16H22FN3. The van der Waals surface area contributed by atoms with Crippen molar-refractivity contribution in [3.8, 4) is 0 Å². The molecule has 0 spiro atoms. The average Bonchev–Trinajstić information content (AvgIpc) is 2.77. The molecule has 0 saturated heterocycles. The standard InChI is InChI=1S/C16H22FN3/c1-4-20-16(10-13(3)19-20)11-18-8-7-14-5-6-15(17)9-12(14)2/h5-6,9-10,18H,4,7-8,11H2,1-3H3. The van der Waals surface area contributed by atoms with E-state index in [-0.39, 0.29) is 5.82 Å². The van der Waals surface area contributed by atoms with Crippen LogP contribution in [0.25, 0.3) is 0 Å². The van der Waals surface area contributed by atoms with E-state index in [4.69, 9.17) is 0 Å². The van der Waals surface area contributed by atoms with E-state index in [1.54, 1.807) is 6.07 Å². The van der Waals surface area contributed by atoms with Gasteiger partial charge < -0.3 is 5.32 Å². The van der Waals surface area contributed by atoms with Gasteiger partial charge in [-0.15, -0.1) is 0 Å². The fourth-order valence-corrected chi connectivity index (χ4v) is 2.39. The predicted octanol–water partition coefficient (Wildman–Crippen LogP) is 2.99. The molecule has 4 heteroatoms. The molecule has 0 aliphatic rings. The second-order valence-electron chi connectivity index (χ2n) is 5.09. The van der Waals surface area contributed by atoms with Crippen LogP contribution in [0.3, 0.4) is 0 Å². The molecule has 0 saturated carbocycles. The summed E-state index contributed by atoms with van der Waals surface area (Å²) in [6.45, 7) is 8.64. The first-order chi connectivity index (χ1) is 9.60. The Bertz CT molecular complexity index is 575. The number of aromatic nitrogens is 2. The van der Waals surface area contributed by atoms with Crippen LogP contribution in [-0.2, 0) is 19.5 Å². The minimum Gasteiger partial charge on any atom is -0.311 e. The third kappa shape index (κ3) is 3.67. The smallest absolute Gasteiger partial charge is 0.123 e. The van der Waals surface area contributed by atoms with E-state index in [1.807, 2.05) is 24.6 Å². The molecule has 0 bridgehead atoms. The summed E-state index contributed by atoms with van der Waals surface area (Å²) in [7, 11) is 0. The molecule has 108 valence electrons. The molecule has 3 nitrogen and oxygen atoms in total. The Kier molecular flexibility index (Phi) is 4.90. The third-order valence-electron chi connectivity index (χ3n) is 3.47. The van der Waals surface area contributed by atoms with Gasteiger partial charge in [-0.3, -0.25) is 4.68 Å². The Balaban J connectivity index is 1.84. The fraction of sp³-hybridized carbons (Fsp3) is 0.438. The van der Waals surface area contributed by atoms with E-state index in [0.29, 0.717) is 0 Å². The summed E-state index contributed by atoms with van der Waals surface area (Å²) in [6.07, 6.45) is 0.908. The van der Waals surface area contributed by atoms with Crippen molar-refractivity contribution in [2.75, 3.05) is 6.54 Å². The van der Waals surface area contributed by atoms with Gasteiger partial charge in [0.2, 0.25) is 0 Å². The van der Waals surface area contributed by atoms with E-state index in [0.717, 1.165) is 37.3 Å². The van der Waals surface area contributed by atoms with Crippen LogP contribution in [0.2, 0.25) is 0 Å². The van der Waals surface area contributed by atoms with Crippen LogP contribution in [0, 0.1) is 19.7 Å². The molecule has 2 aromatic rings. The largest absolute Gasteiger partial charge is 0.311 e. The lowest BCUT2D eigenvalue weighted by Crippen LogP contribution is -2.19. The Morgan fingerprint density at radius 1 is 1.25 bits per heavy atom. The summed E-state index contributed by atoms with van der Waals surface area (Å²) >= 11 is 0. The second-order valence-corrected chi connectivity index (χ2v) is 5.09. The maximum atomic E-state index is 13.0. The first-order valence-electron chi connectivity index (χ1n) is 7.09. The maximum Gasteiger partial charge on any atom is 0.123 e. The highest BCUT2D eigenvalue weighted by Gasteiger charge is 2.04. The molecule has 0 atom stereocenters. The van der Waals surface area contributed by atoms with E-state index >= 15 is 0 Å². The van der Waals surface area contributed by atoms with Crippen LogP contribution in [-0.4, -0.2) is 16.3 Å². The minimum atomic E-state index is -0.165. The molecule has 20 heavy (non-hydrogen) atoms. The van der Waals surface area contributed by atoms with Crippen molar-refractivity contribution in [2.45, 2.75) is 40.3 Å². The first kappa shape index (κ1) is 14.7. The molecule has 0 fully saturated rings. The van der Waals surface area contributed by atoms with Crippen LogP contribution < -0.4 is 5.32 Å². The molecular weight excluding hydrogens is 253 g/mol. The summed E-state index contributed by atoms with van der Waals surface area (Å²) < 4.78 is 15.0. The predicted molar refractivity (Wildman–Crippen MR) is 79.2 cm³/mol. The Labute approximate surface area is 119 Å². The van der Waals surface area contributed by atoms with Crippen molar-refractivity contribution in [3.05, 3.63) is 52.6 Å². The number of benzene rings is 1. The van der Waals surface area contributed by atoms with Gasteiger partial charge in [-0.1, -0.05) is 6.07 Å². The van der Waals surface area contributed by atoms with Crippen LogP contribution >= 0.6 is 0 Å². The molecule has 0 aliphatic carbocycles. The summed E-state index contributed by atoms with van der Waals surface area (Å²) in [4.78, 5) is 0. The lowest BCUT2D eigenvalue weighted by atomic mass is 10.1. The van der Waals surface area contributed by atoms with Crippen LogP contribution in [0.4, 0.5) is 4.39 Å². The molecule has 1 aromatic carbocycles. The summed E-state index contributed by atoms with van der Waals surface area (Å²) in [6, 6.07) is 7.09. The van der Waals surface area contributed by atoms with Gasteiger partial charge in [0.15, 0.2) is 0 Å². The number of nitrogens with zero attached hydrogens (tertiary/aromatic N) is 2. The molecule has 0 aliphatic heterocycles. The van der Waals surface area contributed by atoms with Gasteiger partial charge in [0.1, 0.15) is 5.82 Å². The summed E-state index contributed by atoms with van der Waals surface area (Å²) in [5, 5.41) is 7.85. The number of aryl methyl sites for hydroxylation is 3. The molecule has 0 radical (unpaired) electrons. The minimum absolute atomic E-state index is 0.165. The summed E-state index contributed by atoms with van der Waals surface area (Å²) in [5.41, 5.74) is 4.47. The third-order valence-corrected chi connectivity index (χ3v) is 3.47. The Morgan fingerprint density at radius 2 is 2.05 bits per heavy atom. The summed E-state index contributed by atoms with van der Waals surface area (Å²) in [5.74, 6) is -0.165. The van der Waals surface area contributed by atoms with Gasteiger partial charge in [-0.25, -0.2) is 4.39 Å². The van der Waals surface area contributed by atoms with Crippen molar-refractivity contribution in [1.29, 1.82) is 0 Å². The zero-order valence-corrected chi connectivity index (χ0v) is 12.4. The average molecular weight is 275 g/mol. The highest BCUT2D eigenvalue weighted by molar-refractivity contribution is 5.26. The number of halogens is 1. The lowest BCUT2D eigenvalue weighted by Gasteiger charge is -2.08. The number of rotatable bonds is 6. The van der Waals surface area contributed by atoms with Crippen LogP contribution in [0.1, 0.15) is 29.4 Å². The zero-order valence-electron chi connectivity index (χ0n) is 12.4. The van der Waals surface area contributed by atoms with Crippen molar-refractivity contribution in [1.82, 2.24) is 15.1 Å². The van der Waals surface area contributed by atoms with Gasteiger partial charge in [0.25, 0.3) is 0 Å². The second kappa shape index (κ2) is 6.66. The Morgan fingerprint density at radius 3 is 2.75 bits per heavy atom. The number of hydrogen-bond donors (Lipinski definition) is 1. The fourth-order valence-electron chi connectivity index (χ4n) is 2.39. The highest BCUT2D eigenvalue weighted by Crippen LogP contribution is 2.10. The molecule has 1 heterocycles. The highest BCUT2D eigenvalue weighted by atomic mass is 19.1. The molecule has 0 amide bonds. The first-order valence-corrected chi connectivity index (χ1v) is 7.09. The SMILES string of the molecule is CCn1nc(C)cc1CNCCc1ccc(F)cc1C. The van der Waals surface area contributed by atoms with Gasteiger partial charge in [0.05, 0.1) is 11.4 Å². The molecule has 0 unspecified atom stereocenters. The topological polar surface area (TPSA) is 29.9 Å². The normalized spacial score (nSPS) is 11.0. The van der Waals surface area contributed by atoms with E-state index < -0.39 is 0 Å². The van der Waals surface area contributed by atoms with Crippen LogP contribution in [0.5, 0.6) is 0 Å². The maximum absolute atomic E-state index is 13.0. The molecule has 1 N–H and O–H groups in total. The molecule has 1 aromatic heterocycles. The number of nitrogens with one attached hydrogen (secondary N) is 1. The van der Waals surface area contributed by atoms with Crippen molar-refractivity contribution in [3.63, 3.8) is 0 Å². The van der Waals surface area contributed by atoms with Crippen LogP contribution in [0.15, 0.2) is 24.3 Å². The van der Waals surface area contributed by atoms with Gasteiger partial charge in [0, 0.05) is 13.1 Å². The van der Waals surface area contributed by atoms with Gasteiger partial charge >= 0.3 is 0 Å². The van der Waals surface area contributed by atoms with Gasteiger partial charge in [-0.05, 0) is 63.1 Å². The van der Waals surface area contributed by atoms with Crippen molar-refractivity contribution in [2.24, 2.45) is 0 Å². The van der Waals surface area contributed by atoms with E-state index in [1.165, 1.54) is 17.3 Å². The monoisotopic (exact) mass is 275 g/mol. The lowest BCUT2D eigenvalue weighted by molar-refractivity contribution is 0.579. The Hall–Kier alpha value is -1.68.